The molecule has 2 N–H and O–H groups in total. The number of piperidine rings is 1. The molecule has 2 rings (SSSR count). The van der Waals surface area contributed by atoms with Crippen molar-refractivity contribution in [2.75, 3.05) is 25.5 Å². The normalized spacial score (nSPS) is 19.2. The Bertz CT molecular complexity index is 463. The molecular weight excluding hydrogens is 264 g/mol. The van der Waals surface area contributed by atoms with Gasteiger partial charge in [-0.25, -0.2) is 0 Å². The number of pyridine rings is 1. The van der Waals surface area contributed by atoms with Gasteiger partial charge in [0.15, 0.2) is 0 Å². The van der Waals surface area contributed by atoms with E-state index >= 15 is 0 Å². The van der Waals surface area contributed by atoms with Crippen molar-refractivity contribution in [2.45, 2.75) is 45.2 Å². The van der Waals surface area contributed by atoms with Crippen LogP contribution >= 0.6 is 0 Å². The van der Waals surface area contributed by atoms with Gasteiger partial charge in [0.2, 0.25) is 5.91 Å². The van der Waals surface area contributed by atoms with Gasteiger partial charge in [-0.1, -0.05) is 13.3 Å². The molecule has 21 heavy (non-hydrogen) atoms. The van der Waals surface area contributed by atoms with Crippen LogP contribution in [0.1, 0.15) is 38.3 Å². The third kappa shape index (κ3) is 4.43. The molecular formula is C16H26N4O. The highest BCUT2D eigenvalue weighted by Crippen LogP contribution is 2.20. The fraction of sp³-hybridized carbons (Fsp3) is 0.625. The van der Waals surface area contributed by atoms with Gasteiger partial charge in [-0.2, -0.15) is 0 Å². The summed E-state index contributed by atoms with van der Waals surface area (Å²) in [5, 5.41) is 6.16. The zero-order valence-corrected chi connectivity index (χ0v) is 13.1. The number of hydrogen-bond acceptors (Lipinski definition) is 4. The Labute approximate surface area is 127 Å². The Kier molecular flexibility index (Phi) is 5.99. The molecule has 116 valence electrons. The van der Waals surface area contributed by atoms with Crippen LogP contribution in [0.3, 0.4) is 0 Å². The quantitative estimate of drug-likeness (QED) is 0.841. The van der Waals surface area contributed by atoms with E-state index in [0.717, 1.165) is 56.7 Å². The first kappa shape index (κ1) is 15.8. The first-order valence-corrected chi connectivity index (χ1v) is 7.89. The summed E-state index contributed by atoms with van der Waals surface area (Å²) in [6.45, 7) is 4.82. The van der Waals surface area contributed by atoms with Crippen molar-refractivity contribution in [3.05, 3.63) is 24.0 Å². The van der Waals surface area contributed by atoms with Crippen LogP contribution in [-0.4, -0.2) is 42.0 Å². The Morgan fingerprint density at radius 1 is 1.48 bits per heavy atom. The van der Waals surface area contributed by atoms with Gasteiger partial charge in [-0.05, 0) is 37.9 Å². The highest BCUT2D eigenvalue weighted by atomic mass is 16.2. The minimum Gasteiger partial charge on any atom is -0.385 e. The molecule has 1 atom stereocenters. The molecule has 0 spiro atoms. The van der Waals surface area contributed by atoms with Crippen LogP contribution in [0, 0.1) is 0 Å². The molecule has 0 aliphatic carbocycles. The number of rotatable bonds is 6. The van der Waals surface area contributed by atoms with Crippen LogP contribution < -0.4 is 10.6 Å². The maximum Gasteiger partial charge on any atom is 0.237 e. The predicted octanol–water partition coefficient (Wildman–Crippen LogP) is 2.00. The number of nitrogens with one attached hydrogen (secondary N) is 2. The van der Waals surface area contributed by atoms with Crippen molar-refractivity contribution >= 4 is 11.6 Å². The summed E-state index contributed by atoms with van der Waals surface area (Å²) in [4.78, 5) is 18.7. The van der Waals surface area contributed by atoms with Crippen LogP contribution in [0.15, 0.2) is 18.3 Å². The second-order valence-electron chi connectivity index (χ2n) is 5.56. The third-order valence-corrected chi connectivity index (χ3v) is 3.92. The van der Waals surface area contributed by atoms with E-state index in [1.165, 1.54) is 0 Å². The van der Waals surface area contributed by atoms with E-state index in [2.05, 4.69) is 33.5 Å². The number of aromatic nitrogens is 1. The molecule has 1 amide bonds. The zero-order chi connectivity index (χ0) is 15.1. The largest absolute Gasteiger partial charge is 0.385 e. The second kappa shape index (κ2) is 7.98. The van der Waals surface area contributed by atoms with Crippen molar-refractivity contribution in [1.82, 2.24) is 15.2 Å². The van der Waals surface area contributed by atoms with Crippen molar-refractivity contribution in [3.63, 3.8) is 0 Å². The number of carbonyl (C=O) groups excluding carboxylic acids is 1. The maximum absolute atomic E-state index is 12.0. The third-order valence-electron chi connectivity index (χ3n) is 3.92. The molecule has 1 unspecified atom stereocenters. The first-order chi connectivity index (χ1) is 10.2. The minimum atomic E-state index is -0.0159. The van der Waals surface area contributed by atoms with Crippen LogP contribution in [0.4, 0.5) is 5.69 Å². The second-order valence-corrected chi connectivity index (χ2v) is 5.56. The number of likely N-dealkylation sites (tertiary alicyclic amines) is 1. The van der Waals surface area contributed by atoms with Crippen LogP contribution in [0.2, 0.25) is 0 Å². The molecule has 0 saturated carbocycles. The number of hydrogen-bond donors (Lipinski definition) is 2. The van der Waals surface area contributed by atoms with Crippen LogP contribution in [0.5, 0.6) is 0 Å². The van der Waals surface area contributed by atoms with E-state index in [0.29, 0.717) is 0 Å². The minimum absolute atomic E-state index is 0.0159. The van der Waals surface area contributed by atoms with E-state index in [-0.39, 0.29) is 11.9 Å². The lowest BCUT2D eigenvalue weighted by atomic mass is 10.0. The number of carbonyl (C=O) groups is 1. The lowest BCUT2D eigenvalue weighted by Gasteiger charge is -2.34. The fourth-order valence-electron chi connectivity index (χ4n) is 2.80. The van der Waals surface area contributed by atoms with E-state index in [4.69, 9.17) is 0 Å². The number of nitrogens with zero attached hydrogens (tertiary/aromatic N) is 2. The summed E-state index contributed by atoms with van der Waals surface area (Å²) in [6, 6.07) is 4.06. The van der Waals surface area contributed by atoms with E-state index in [1.54, 1.807) is 7.05 Å². The Morgan fingerprint density at radius 3 is 3.10 bits per heavy atom. The Balaban J connectivity index is 2.03. The van der Waals surface area contributed by atoms with Gasteiger partial charge >= 0.3 is 0 Å². The number of amides is 1. The average molecular weight is 290 g/mol. The summed E-state index contributed by atoms with van der Waals surface area (Å²) in [6.07, 6.45) is 6.16. The average Bonchev–Trinajstić information content (AvgIpc) is 2.53. The molecule has 5 heteroatoms. The summed E-state index contributed by atoms with van der Waals surface area (Å²) < 4.78 is 0. The topological polar surface area (TPSA) is 57.3 Å². The molecule has 1 aromatic rings. The van der Waals surface area contributed by atoms with Crippen molar-refractivity contribution in [3.8, 4) is 0 Å². The molecule has 1 saturated heterocycles. The summed E-state index contributed by atoms with van der Waals surface area (Å²) in [7, 11) is 1.71. The highest BCUT2D eigenvalue weighted by molar-refractivity contribution is 5.81. The summed E-state index contributed by atoms with van der Waals surface area (Å²) in [5.41, 5.74) is 2.13. The fourth-order valence-corrected chi connectivity index (χ4v) is 2.80. The Morgan fingerprint density at radius 2 is 2.33 bits per heavy atom. The molecule has 0 radical (unpaired) electrons. The predicted molar refractivity (Wildman–Crippen MR) is 85.1 cm³/mol. The SMILES string of the molecule is CCCNc1ccnc(CN2CCCCC2C(=O)NC)c1. The van der Waals surface area contributed by atoms with Gasteiger partial charge in [0.05, 0.1) is 11.7 Å². The standard InChI is InChI=1S/C16H26N4O/c1-3-8-18-13-7-9-19-14(11-13)12-20-10-5-4-6-15(20)16(21)17-2/h7,9,11,15H,3-6,8,10,12H2,1-2H3,(H,17,21)(H,18,19). The van der Waals surface area contributed by atoms with Crippen molar-refractivity contribution in [1.29, 1.82) is 0 Å². The smallest absolute Gasteiger partial charge is 0.237 e. The van der Waals surface area contributed by atoms with Gasteiger partial charge in [0, 0.05) is 32.0 Å². The molecule has 2 heterocycles. The number of likely N-dealkylation sites (N-methyl/N-ethyl adjacent to an activating group) is 1. The zero-order valence-electron chi connectivity index (χ0n) is 13.1. The van der Waals surface area contributed by atoms with Gasteiger partial charge in [-0.3, -0.25) is 14.7 Å². The maximum atomic E-state index is 12.0. The molecule has 1 aliphatic heterocycles. The van der Waals surface area contributed by atoms with Crippen molar-refractivity contribution in [2.24, 2.45) is 0 Å². The lowest BCUT2D eigenvalue weighted by Crippen LogP contribution is -2.48. The lowest BCUT2D eigenvalue weighted by molar-refractivity contribution is -0.127. The molecule has 1 aromatic heterocycles. The van der Waals surface area contributed by atoms with Gasteiger partial charge in [0.25, 0.3) is 0 Å². The van der Waals surface area contributed by atoms with E-state index in [1.807, 2.05) is 12.3 Å². The first-order valence-electron chi connectivity index (χ1n) is 7.89. The molecule has 1 fully saturated rings. The highest BCUT2D eigenvalue weighted by Gasteiger charge is 2.28. The summed E-state index contributed by atoms with van der Waals surface area (Å²) in [5.74, 6) is 0.120. The van der Waals surface area contributed by atoms with Crippen molar-refractivity contribution < 1.29 is 4.79 Å². The monoisotopic (exact) mass is 290 g/mol. The molecule has 0 bridgehead atoms. The number of anilines is 1. The van der Waals surface area contributed by atoms with Crippen LogP contribution in [0.25, 0.3) is 0 Å². The van der Waals surface area contributed by atoms with Gasteiger partial charge in [0.1, 0.15) is 0 Å². The van der Waals surface area contributed by atoms with Gasteiger partial charge < -0.3 is 10.6 Å². The summed E-state index contributed by atoms with van der Waals surface area (Å²) >= 11 is 0. The van der Waals surface area contributed by atoms with E-state index in [9.17, 15) is 4.79 Å². The van der Waals surface area contributed by atoms with E-state index < -0.39 is 0 Å². The molecule has 1 aliphatic rings. The molecule has 5 nitrogen and oxygen atoms in total. The molecule has 0 aromatic carbocycles. The Hall–Kier alpha value is -1.62. The van der Waals surface area contributed by atoms with Gasteiger partial charge in [-0.15, -0.1) is 0 Å². The van der Waals surface area contributed by atoms with Crippen LogP contribution in [-0.2, 0) is 11.3 Å².